The lowest BCUT2D eigenvalue weighted by molar-refractivity contribution is -0.121. The molecule has 0 aliphatic heterocycles. The van der Waals surface area contributed by atoms with Crippen LogP contribution < -0.4 is 23.9 Å². The van der Waals surface area contributed by atoms with E-state index in [1.807, 2.05) is 37.3 Å². The van der Waals surface area contributed by atoms with Crippen LogP contribution in [-0.4, -0.2) is 46.6 Å². The number of carbonyl (C=O) groups excluding carboxylic acids is 1. The Hall–Kier alpha value is -4.05. The molecule has 0 unspecified atom stereocenters. The topological polar surface area (TPSA) is 107 Å². The van der Waals surface area contributed by atoms with Crippen LogP contribution in [0.25, 0.3) is 0 Å². The molecule has 10 heteroatoms. The minimum Gasteiger partial charge on any atom is -0.494 e. The fraction of sp³-hybridized carbons (Fsp3) is 0.259. The number of amides is 1. The first kappa shape index (κ1) is 27.5. The van der Waals surface area contributed by atoms with E-state index in [0.717, 1.165) is 16.1 Å². The van der Waals surface area contributed by atoms with Gasteiger partial charge in [-0.1, -0.05) is 30.3 Å². The second-order valence-electron chi connectivity index (χ2n) is 8.08. The van der Waals surface area contributed by atoms with Gasteiger partial charge in [-0.25, -0.2) is 13.8 Å². The molecule has 9 nitrogen and oxygen atoms in total. The van der Waals surface area contributed by atoms with Gasteiger partial charge >= 0.3 is 0 Å². The summed E-state index contributed by atoms with van der Waals surface area (Å²) >= 11 is 0. The fourth-order valence-corrected chi connectivity index (χ4v) is 4.72. The lowest BCUT2D eigenvalue weighted by atomic mass is 10.2. The van der Waals surface area contributed by atoms with Crippen molar-refractivity contribution in [1.29, 1.82) is 0 Å². The number of nitrogens with zero attached hydrogens (tertiary/aromatic N) is 2. The predicted octanol–water partition coefficient (Wildman–Crippen LogP) is 3.98. The van der Waals surface area contributed by atoms with Crippen LogP contribution in [0.1, 0.15) is 25.0 Å². The van der Waals surface area contributed by atoms with Crippen molar-refractivity contribution in [2.24, 2.45) is 5.10 Å². The van der Waals surface area contributed by atoms with E-state index in [1.54, 1.807) is 42.5 Å². The number of hydrogen-bond donors (Lipinski definition) is 1. The normalized spacial score (nSPS) is 12.1. The molecule has 0 spiro atoms. The summed E-state index contributed by atoms with van der Waals surface area (Å²) < 4.78 is 42.7. The molecule has 0 aromatic heterocycles. The van der Waals surface area contributed by atoms with Gasteiger partial charge in [0, 0.05) is 0 Å². The molecule has 0 saturated carbocycles. The van der Waals surface area contributed by atoms with Gasteiger partial charge in [-0.15, -0.1) is 0 Å². The maximum atomic E-state index is 12.8. The number of ether oxygens (including phenoxy) is 3. The first-order valence-corrected chi connectivity index (χ1v) is 13.5. The van der Waals surface area contributed by atoms with Gasteiger partial charge in [0.2, 0.25) is 10.0 Å². The van der Waals surface area contributed by atoms with E-state index in [-0.39, 0.29) is 0 Å². The smallest absolute Gasteiger partial charge is 0.263 e. The zero-order valence-electron chi connectivity index (χ0n) is 21.2. The molecule has 0 radical (unpaired) electrons. The molecule has 1 amide bonds. The van der Waals surface area contributed by atoms with Crippen molar-refractivity contribution >= 4 is 27.8 Å². The maximum Gasteiger partial charge on any atom is 0.263 e. The van der Waals surface area contributed by atoms with Crippen molar-refractivity contribution < 1.29 is 27.4 Å². The summed E-state index contributed by atoms with van der Waals surface area (Å²) in [7, 11) is -2.22. The lowest BCUT2D eigenvalue weighted by Gasteiger charge is -2.27. The summed E-state index contributed by atoms with van der Waals surface area (Å²) in [4.78, 5) is 12.8. The molecular weight excluding hydrogens is 494 g/mol. The average molecular weight is 526 g/mol. The molecule has 37 heavy (non-hydrogen) atoms. The average Bonchev–Trinajstić information content (AvgIpc) is 2.88. The number of hydrogen-bond acceptors (Lipinski definition) is 7. The molecule has 0 bridgehead atoms. The number of hydrazone groups is 1. The number of benzene rings is 3. The summed E-state index contributed by atoms with van der Waals surface area (Å²) in [5.74, 6) is 1.09. The minimum atomic E-state index is -3.75. The Bertz CT molecular complexity index is 1310. The number of methoxy groups -OCH3 is 1. The van der Waals surface area contributed by atoms with E-state index in [1.165, 1.54) is 20.2 Å². The van der Waals surface area contributed by atoms with Gasteiger partial charge in [0.1, 0.15) is 18.4 Å². The van der Waals surface area contributed by atoms with Crippen molar-refractivity contribution in [2.45, 2.75) is 26.5 Å². The Balaban J connectivity index is 1.66. The van der Waals surface area contributed by atoms with Gasteiger partial charge in [-0.05, 0) is 67.4 Å². The van der Waals surface area contributed by atoms with Crippen molar-refractivity contribution in [2.75, 3.05) is 24.3 Å². The minimum absolute atomic E-state index is 0.341. The third kappa shape index (κ3) is 7.71. The van der Waals surface area contributed by atoms with Crippen molar-refractivity contribution in [3.05, 3.63) is 83.9 Å². The predicted molar refractivity (Wildman–Crippen MR) is 144 cm³/mol. The van der Waals surface area contributed by atoms with Crippen molar-refractivity contribution in [3.63, 3.8) is 0 Å². The Morgan fingerprint density at radius 2 is 1.73 bits per heavy atom. The van der Waals surface area contributed by atoms with E-state index in [4.69, 9.17) is 14.2 Å². The Kier molecular flexibility index (Phi) is 9.51. The molecular formula is C27H31N3O6S. The highest BCUT2D eigenvalue weighted by Crippen LogP contribution is 2.28. The molecule has 3 aromatic rings. The second-order valence-corrected chi connectivity index (χ2v) is 9.94. The molecule has 0 saturated heterocycles. The standard InChI is InChI=1S/C27H31N3O6S/c1-5-35-24-14-12-23(13-15-24)30(37(4,32)33)20(2)27(31)29-28-18-22-11-16-25(26(17-22)34-3)36-19-21-9-7-6-8-10-21/h6-18,20H,5,19H2,1-4H3,(H,29,31)/b28-18-/t20-/m0/s1. The maximum absolute atomic E-state index is 12.8. The van der Waals surface area contributed by atoms with E-state index < -0.39 is 22.0 Å². The van der Waals surface area contributed by atoms with Crippen LogP contribution in [0, 0.1) is 0 Å². The fourth-order valence-electron chi connectivity index (χ4n) is 3.55. The highest BCUT2D eigenvalue weighted by Gasteiger charge is 2.29. The largest absolute Gasteiger partial charge is 0.494 e. The van der Waals surface area contributed by atoms with E-state index >= 15 is 0 Å². The van der Waals surface area contributed by atoms with Gasteiger partial charge in [0.15, 0.2) is 11.5 Å². The molecule has 1 N–H and O–H groups in total. The monoisotopic (exact) mass is 525 g/mol. The Labute approximate surface area is 217 Å². The highest BCUT2D eigenvalue weighted by molar-refractivity contribution is 7.92. The third-order valence-corrected chi connectivity index (χ3v) is 6.55. The van der Waals surface area contributed by atoms with Gasteiger partial charge in [-0.3, -0.25) is 9.10 Å². The van der Waals surface area contributed by atoms with Gasteiger partial charge in [0.05, 0.1) is 31.9 Å². The highest BCUT2D eigenvalue weighted by atomic mass is 32.2. The molecule has 0 fully saturated rings. The summed E-state index contributed by atoms with van der Waals surface area (Å²) in [5.41, 5.74) is 4.44. The van der Waals surface area contributed by atoms with Crippen LogP contribution in [0.5, 0.6) is 17.2 Å². The zero-order chi connectivity index (χ0) is 26.8. The first-order chi connectivity index (χ1) is 17.7. The Morgan fingerprint density at radius 1 is 1.03 bits per heavy atom. The zero-order valence-corrected chi connectivity index (χ0v) is 22.1. The van der Waals surface area contributed by atoms with Crippen molar-refractivity contribution in [1.82, 2.24) is 5.43 Å². The van der Waals surface area contributed by atoms with Crippen LogP contribution >= 0.6 is 0 Å². The third-order valence-electron chi connectivity index (χ3n) is 5.30. The van der Waals surface area contributed by atoms with Gasteiger partial charge in [0.25, 0.3) is 5.91 Å². The van der Waals surface area contributed by atoms with Crippen LogP contribution in [0.15, 0.2) is 77.9 Å². The van der Waals surface area contributed by atoms with Crippen LogP contribution in [-0.2, 0) is 21.4 Å². The molecule has 0 heterocycles. The number of nitrogens with one attached hydrogen (secondary N) is 1. The lowest BCUT2D eigenvalue weighted by Crippen LogP contribution is -2.46. The number of sulfonamides is 1. The molecule has 0 aliphatic carbocycles. The quantitative estimate of drug-likeness (QED) is 0.283. The van der Waals surface area contributed by atoms with Crippen LogP contribution in [0.2, 0.25) is 0 Å². The summed E-state index contributed by atoms with van der Waals surface area (Å²) in [6.07, 6.45) is 2.49. The van der Waals surface area contributed by atoms with E-state index in [2.05, 4.69) is 10.5 Å². The van der Waals surface area contributed by atoms with Crippen LogP contribution in [0.3, 0.4) is 0 Å². The molecule has 0 aliphatic rings. The molecule has 3 rings (SSSR count). The molecule has 1 atom stereocenters. The van der Waals surface area contributed by atoms with E-state index in [9.17, 15) is 13.2 Å². The number of carbonyl (C=O) groups is 1. The van der Waals surface area contributed by atoms with Gasteiger partial charge < -0.3 is 14.2 Å². The number of rotatable bonds is 12. The van der Waals surface area contributed by atoms with Gasteiger partial charge in [-0.2, -0.15) is 5.10 Å². The molecule has 196 valence electrons. The second kappa shape index (κ2) is 12.8. The van der Waals surface area contributed by atoms with Crippen molar-refractivity contribution in [3.8, 4) is 17.2 Å². The first-order valence-electron chi connectivity index (χ1n) is 11.6. The molecule has 3 aromatic carbocycles. The number of anilines is 1. The van der Waals surface area contributed by atoms with E-state index in [0.29, 0.717) is 41.7 Å². The Morgan fingerprint density at radius 3 is 2.35 bits per heavy atom. The summed E-state index contributed by atoms with van der Waals surface area (Å²) in [6.45, 7) is 4.23. The summed E-state index contributed by atoms with van der Waals surface area (Å²) in [6, 6.07) is 20.5. The SMILES string of the molecule is CCOc1ccc(N([C@@H](C)C(=O)N/N=C\c2ccc(OCc3ccccc3)c(OC)c2)S(C)(=O)=O)cc1. The van der Waals surface area contributed by atoms with Crippen LogP contribution in [0.4, 0.5) is 5.69 Å². The summed E-state index contributed by atoms with van der Waals surface area (Å²) in [5, 5.41) is 4.00.